The molecule has 6 heteroatoms. The molecular formula is C21H47N3O3. The highest BCUT2D eigenvalue weighted by Gasteiger charge is 2.09. The van der Waals surface area contributed by atoms with Gasteiger partial charge in [0.25, 0.3) is 0 Å². The lowest BCUT2D eigenvalue weighted by atomic mass is 10.0. The first kappa shape index (κ1) is 30.8. The van der Waals surface area contributed by atoms with Crippen molar-refractivity contribution in [2.45, 2.75) is 96.9 Å². The summed E-state index contributed by atoms with van der Waals surface area (Å²) in [5.41, 5.74) is 16.2. The van der Waals surface area contributed by atoms with Crippen LogP contribution in [0.15, 0.2) is 11.6 Å². The van der Waals surface area contributed by atoms with Gasteiger partial charge in [-0.15, -0.1) is 0 Å². The lowest BCUT2D eigenvalue weighted by Gasteiger charge is -2.08. The number of nitrogens with two attached hydrogens (primary N) is 3. The number of carbonyl (C=O) groups is 1. The van der Waals surface area contributed by atoms with Crippen molar-refractivity contribution < 1.29 is 15.0 Å². The Hall–Kier alpha value is -0.950. The topological polar surface area (TPSA) is 136 Å². The van der Waals surface area contributed by atoms with Gasteiger partial charge < -0.3 is 27.4 Å². The Kier molecular flexibility index (Phi) is 31.1. The summed E-state index contributed by atoms with van der Waals surface area (Å²) in [5, 5.41) is 16.9. The summed E-state index contributed by atoms with van der Waals surface area (Å²) < 4.78 is 0. The molecule has 0 heterocycles. The van der Waals surface area contributed by atoms with Gasteiger partial charge in [-0.25, -0.2) is 0 Å². The number of hydrogen-bond acceptors (Lipinski definition) is 5. The average molecular weight is 390 g/mol. The Morgan fingerprint density at radius 3 is 1.85 bits per heavy atom. The molecule has 164 valence electrons. The van der Waals surface area contributed by atoms with Crippen LogP contribution in [0.5, 0.6) is 0 Å². The second kappa shape index (κ2) is 27.3. The van der Waals surface area contributed by atoms with Crippen LogP contribution in [-0.4, -0.2) is 42.4 Å². The number of aliphatic hydroxyl groups excluding tert-OH is 1. The first-order valence-electron chi connectivity index (χ1n) is 10.7. The van der Waals surface area contributed by atoms with Crippen LogP contribution in [0.2, 0.25) is 0 Å². The lowest BCUT2D eigenvalue weighted by molar-refractivity contribution is -0.138. The average Bonchev–Trinajstić information content (AvgIpc) is 3.32. The summed E-state index contributed by atoms with van der Waals surface area (Å²) in [7, 11) is 1.50. The molecule has 0 unspecified atom stereocenters. The van der Waals surface area contributed by atoms with Gasteiger partial charge in [-0.05, 0) is 57.7 Å². The van der Waals surface area contributed by atoms with E-state index in [1.54, 1.807) is 0 Å². The highest BCUT2D eigenvalue weighted by molar-refractivity contribution is 5.72. The van der Waals surface area contributed by atoms with Crippen LogP contribution >= 0.6 is 0 Å². The van der Waals surface area contributed by atoms with Crippen molar-refractivity contribution in [1.29, 1.82) is 0 Å². The minimum atomic E-state index is -0.933. The van der Waals surface area contributed by atoms with E-state index in [1.807, 2.05) is 13.8 Å². The van der Waals surface area contributed by atoms with Crippen LogP contribution in [0.3, 0.4) is 0 Å². The van der Waals surface area contributed by atoms with E-state index in [9.17, 15) is 4.79 Å². The predicted molar refractivity (Wildman–Crippen MR) is 117 cm³/mol. The minimum Gasteiger partial charge on any atom is -0.480 e. The molecule has 1 fully saturated rings. The Morgan fingerprint density at radius 2 is 1.56 bits per heavy atom. The largest absolute Gasteiger partial charge is 0.480 e. The summed E-state index contributed by atoms with van der Waals surface area (Å²) >= 11 is 0. The Bertz CT molecular complexity index is 312. The van der Waals surface area contributed by atoms with Gasteiger partial charge in [-0.2, -0.15) is 0 Å². The quantitative estimate of drug-likeness (QED) is 0.348. The van der Waals surface area contributed by atoms with E-state index in [0.717, 1.165) is 19.3 Å². The summed E-state index contributed by atoms with van der Waals surface area (Å²) in [4.78, 5) is 10.1. The zero-order chi connectivity index (χ0) is 21.3. The standard InChI is InChI=1S/C7H12O.C6H14N2O2.C5H10.C2H6.CH5N/c8-6-7-4-2-1-3-5-7;7-4-2-1-3-5(8)6(9)10;1-2-4-5-3-1;2*1-2/h4,8H,1-3,5-6H2;5H,1-4,7-8H2,(H,9,10);1-5H2;1-2H3;2H2,1H3/t;5-;;;/m.0.../s1. The van der Waals surface area contributed by atoms with Gasteiger partial charge in [0.2, 0.25) is 0 Å². The van der Waals surface area contributed by atoms with E-state index in [4.69, 9.17) is 21.7 Å². The van der Waals surface area contributed by atoms with E-state index in [-0.39, 0.29) is 6.61 Å². The zero-order valence-corrected chi connectivity index (χ0v) is 18.1. The summed E-state index contributed by atoms with van der Waals surface area (Å²) in [6, 6.07) is -0.716. The molecule has 0 saturated heterocycles. The first-order valence-corrected chi connectivity index (χ1v) is 10.7. The van der Waals surface area contributed by atoms with E-state index >= 15 is 0 Å². The SMILES string of the molecule is C1CCCC1.CC.CN.NCCCC[C@H](N)C(=O)O.OCC1=CCCCC1. The normalized spacial score (nSPS) is 15.7. The molecule has 0 amide bonds. The third-order valence-corrected chi connectivity index (χ3v) is 4.12. The summed E-state index contributed by atoms with van der Waals surface area (Å²) in [5.74, 6) is -0.933. The molecule has 2 aliphatic rings. The molecule has 6 nitrogen and oxygen atoms in total. The van der Waals surface area contributed by atoms with E-state index in [1.165, 1.54) is 64.0 Å². The van der Waals surface area contributed by atoms with Gasteiger partial charge in [-0.1, -0.05) is 58.4 Å². The Balaban J connectivity index is -0.000000302. The van der Waals surface area contributed by atoms with Gasteiger partial charge >= 0.3 is 5.97 Å². The molecule has 27 heavy (non-hydrogen) atoms. The second-order valence-electron chi connectivity index (χ2n) is 6.26. The van der Waals surface area contributed by atoms with Crippen molar-refractivity contribution in [3.05, 3.63) is 11.6 Å². The van der Waals surface area contributed by atoms with Crippen molar-refractivity contribution >= 4 is 5.97 Å². The van der Waals surface area contributed by atoms with Crippen LogP contribution in [0.1, 0.15) is 90.9 Å². The number of hydrogen-bond donors (Lipinski definition) is 5. The molecule has 2 aliphatic carbocycles. The maximum atomic E-state index is 10.1. The van der Waals surface area contributed by atoms with Gasteiger partial charge in [-0.3, -0.25) is 4.79 Å². The number of carboxylic acid groups (broad SMARTS) is 1. The number of aliphatic hydroxyl groups is 1. The number of allylic oxidation sites excluding steroid dienone is 1. The third kappa shape index (κ3) is 25.1. The second-order valence-corrected chi connectivity index (χ2v) is 6.26. The fraction of sp³-hybridized carbons (Fsp3) is 0.857. The number of rotatable bonds is 6. The molecular weight excluding hydrogens is 342 g/mol. The summed E-state index contributed by atoms with van der Waals surface area (Å²) in [6.07, 6.45) is 16.7. The highest BCUT2D eigenvalue weighted by Crippen LogP contribution is 2.16. The molecule has 1 atom stereocenters. The number of unbranched alkanes of at least 4 members (excludes halogenated alkanes) is 1. The molecule has 0 aromatic rings. The molecule has 8 N–H and O–H groups in total. The molecule has 0 radical (unpaired) electrons. The van der Waals surface area contributed by atoms with Crippen LogP contribution in [0.4, 0.5) is 0 Å². The van der Waals surface area contributed by atoms with Gasteiger partial charge in [0.1, 0.15) is 6.04 Å². The number of aliphatic carboxylic acids is 1. The van der Waals surface area contributed by atoms with Gasteiger partial charge in [0.15, 0.2) is 0 Å². The fourth-order valence-corrected chi connectivity index (χ4v) is 2.56. The van der Waals surface area contributed by atoms with Crippen molar-refractivity contribution in [3.63, 3.8) is 0 Å². The summed E-state index contributed by atoms with van der Waals surface area (Å²) in [6.45, 7) is 4.88. The maximum absolute atomic E-state index is 10.1. The molecule has 2 rings (SSSR count). The molecule has 0 spiro atoms. The van der Waals surface area contributed by atoms with Crippen LogP contribution in [0, 0.1) is 0 Å². The van der Waals surface area contributed by atoms with Crippen LogP contribution in [-0.2, 0) is 4.79 Å². The Morgan fingerprint density at radius 1 is 1.04 bits per heavy atom. The molecule has 0 aromatic carbocycles. The van der Waals surface area contributed by atoms with E-state index < -0.39 is 12.0 Å². The smallest absolute Gasteiger partial charge is 0.320 e. The fourth-order valence-electron chi connectivity index (χ4n) is 2.56. The number of carboxylic acids is 1. The third-order valence-electron chi connectivity index (χ3n) is 4.12. The molecule has 0 aromatic heterocycles. The minimum absolute atomic E-state index is 0.278. The van der Waals surface area contributed by atoms with Crippen molar-refractivity contribution in [2.24, 2.45) is 17.2 Å². The Labute approximate surface area is 167 Å². The molecule has 1 saturated carbocycles. The first-order chi connectivity index (χ1) is 13.1. The zero-order valence-electron chi connectivity index (χ0n) is 18.1. The van der Waals surface area contributed by atoms with Crippen molar-refractivity contribution in [3.8, 4) is 0 Å². The van der Waals surface area contributed by atoms with Gasteiger partial charge in [0, 0.05) is 0 Å². The predicted octanol–water partition coefficient (Wildman–Crippen LogP) is 3.56. The van der Waals surface area contributed by atoms with Crippen molar-refractivity contribution in [2.75, 3.05) is 20.2 Å². The highest BCUT2D eigenvalue weighted by atomic mass is 16.4. The monoisotopic (exact) mass is 389 g/mol. The van der Waals surface area contributed by atoms with Crippen LogP contribution < -0.4 is 17.2 Å². The van der Waals surface area contributed by atoms with Crippen molar-refractivity contribution in [1.82, 2.24) is 0 Å². The molecule has 0 aliphatic heterocycles. The van der Waals surface area contributed by atoms with Gasteiger partial charge in [0.05, 0.1) is 6.61 Å². The maximum Gasteiger partial charge on any atom is 0.320 e. The molecule has 0 bridgehead atoms. The van der Waals surface area contributed by atoms with E-state index in [0.29, 0.717) is 13.0 Å². The van der Waals surface area contributed by atoms with Crippen LogP contribution in [0.25, 0.3) is 0 Å². The van der Waals surface area contributed by atoms with E-state index in [2.05, 4.69) is 11.8 Å². The lowest BCUT2D eigenvalue weighted by Crippen LogP contribution is -2.29.